The zero-order chi connectivity index (χ0) is 24.7. The second-order valence-corrected chi connectivity index (χ2v) is 9.22. The number of anilines is 1. The average Bonchev–Trinajstić information content (AvgIpc) is 3.38. The largest absolute Gasteiger partial charge is 0.503 e. The summed E-state index contributed by atoms with van der Waals surface area (Å²) in [6, 6.07) is 20.7. The Morgan fingerprint density at radius 3 is 2.57 bits per heavy atom. The quantitative estimate of drug-likeness (QED) is 0.280. The van der Waals surface area contributed by atoms with E-state index in [1.165, 1.54) is 4.90 Å². The van der Waals surface area contributed by atoms with Crippen molar-refractivity contribution in [1.82, 2.24) is 0 Å². The van der Waals surface area contributed by atoms with Crippen LogP contribution in [0.15, 0.2) is 93.0 Å². The minimum Gasteiger partial charge on any atom is -0.503 e. The zero-order valence-corrected chi connectivity index (χ0v) is 20.7. The highest BCUT2D eigenvalue weighted by atomic mass is 79.9. The molecule has 176 valence electrons. The first-order chi connectivity index (χ1) is 16.9. The van der Waals surface area contributed by atoms with Gasteiger partial charge in [0.25, 0.3) is 5.91 Å². The predicted octanol–water partition coefficient (Wildman–Crippen LogP) is 6.69. The number of nitrogens with zero attached hydrogens (tertiary/aromatic N) is 1. The molecule has 0 radical (unpaired) electrons. The van der Waals surface area contributed by atoms with Gasteiger partial charge in [0.15, 0.2) is 11.5 Å². The number of furan rings is 1. The number of benzene rings is 3. The van der Waals surface area contributed by atoms with Crippen LogP contribution in [0, 0.1) is 6.92 Å². The van der Waals surface area contributed by atoms with Crippen molar-refractivity contribution >= 4 is 44.3 Å². The molecule has 0 fully saturated rings. The number of rotatable bonds is 6. The molecule has 0 bridgehead atoms. The highest BCUT2D eigenvalue weighted by Crippen LogP contribution is 2.43. The highest BCUT2D eigenvalue weighted by molar-refractivity contribution is 9.10. The molecule has 0 aliphatic carbocycles. The van der Waals surface area contributed by atoms with E-state index in [4.69, 9.17) is 9.15 Å². The van der Waals surface area contributed by atoms with Gasteiger partial charge in [0.05, 0.1) is 18.2 Å². The van der Waals surface area contributed by atoms with E-state index < -0.39 is 23.5 Å². The molecule has 1 N–H and O–H groups in total. The van der Waals surface area contributed by atoms with Crippen LogP contribution in [0.1, 0.15) is 34.6 Å². The van der Waals surface area contributed by atoms with Crippen molar-refractivity contribution < 1.29 is 23.8 Å². The van der Waals surface area contributed by atoms with Gasteiger partial charge in [-0.1, -0.05) is 40.2 Å². The normalized spacial score (nSPS) is 15.8. The van der Waals surface area contributed by atoms with Crippen molar-refractivity contribution in [3.05, 3.63) is 105 Å². The molecule has 0 saturated heterocycles. The molecule has 7 heteroatoms. The lowest BCUT2D eigenvalue weighted by molar-refractivity contribution is -0.117. The third-order valence-corrected chi connectivity index (χ3v) is 6.43. The molecular formula is C28H22BrNO5. The Labute approximate surface area is 210 Å². The van der Waals surface area contributed by atoms with Crippen molar-refractivity contribution in [2.75, 3.05) is 11.5 Å². The van der Waals surface area contributed by atoms with E-state index in [1.807, 2.05) is 44.2 Å². The van der Waals surface area contributed by atoms with E-state index in [1.54, 1.807) is 42.5 Å². The van der Waals surface area contributed by atoms with Gasteiger partial charge in [-0.25, -0.2) is 0 Å². The molecule has 2 heterocycles. The minimum atomic E-state index is -0.840. The molecular weight excluding hydrogens is 510 g/mol. The summed E-state index contributed by atoms with van der Waals surface area (Å²) in [5, 5.41) is 11.7. The van der Waals surface area contributed by atoms with E-state index in [-0.39, 0.29) is 11.3 Å². The van der Waals surface area contributed by atoms with Gasteiger partial charge in [0.2, 0.25) is 5.78 Å². The standard InChI is InChI=1S/C28H22BrNO5/c1-3-34-21-10-7-17(8-11-21)25-24(26(31)23-15-18-14-19(29)9-12-22(18)35-23)27(32)28(33)30(25)20-6-4-5-16(2)13-20/h4-15,25,32H,3H2,1-2H3. The first-order valence-electron chi connectivity index (χ1n) is 11.2. The molecule has 6 nitrogen and oxygen atoms in total. The zero-order valence-electron chi connectivity index (χ0n) is 19.1. The SMILES string of the molecule is CCOc1ccc(C2C(C(=O)c3cc4cc(Br)ccc4o3)=C(O)C(=O)N2c2cccc(C)c2)cc1. The van der Waals surface area contributed by atoms with E-state index in [0.29, 0.717) is 29.2 Å². The molecule has 5 rings (SSSR count). The number of hydrogen-bond donors (Lipinski definition) is 1. The van der Waals surface area contributed by atoms with Gasteiger partial charge in [-0.15, -0.1) is 0 Å². The number of hydrogen-bond acceptors (Lipinski definition) is 5. The van der Waals surface area contributed by atoms with Crippen LogP contribution in [0.4, 0.5) is 5.69 Å². The Balaban J connectivity index is 1.64. The molecule has 4 aromatic rings. The number of aliphatic hydroxyl groups excluding tert-OH is 1. The highest BCUT2D eigenvalue weighted by Gasteiger charge is 2.45. The van der Waals surface area contributed by atoms with E-state index >= 15 is 0 Å². The number of carbonyl (C=O) groups excluding carboxylic acids is 2. The Hall–Kier alpha value is -3.84. The van der Waals surface area contributed by atoms with Crippen LogP contribution >= 0.6 is 15.9 Å². The Kier molecular flexibility index (Phi) is 5.94. The van der Waals surface area contributed by atoms with Crippen molar-refractivity contribution in [2.45, 2.75) is 19.9 Å². The van der Waals surface area contributed by atoms with Crippen molar-refractivity contribution in [1.29, 1.82) is 0 Å². The first kappa shape index (κ1) is 22.9. The number of Topliss-reactive ketones (excluding diaryl/α,β-unsaturated/α-hetero) is 1. The number of aliphatic hydroxyl groups is 1. The third kappa shape index (κ3) is 4.12. The number of ether oxygens (including phenoxy) is 1. The summed E-state index contributed by atoms with van der Waals surface area (Å²) in [5.41, 5.74) is 2.70. The molecule has 0 saturated carbocycles. The van der Waals surface area contributed by atoms with Gasteiger partial charge in [0, 0.05) is 15.5 Å². The van der Waals surface area contributed by atoms with E-state index in [0.717, 1.165) is 15.4 Å². The molecule has 3 aromatic carbocycles. The lowest BCUT2D eigenvalue weighted by Crippen LogP contribution is -2.31. The van der Waals surface area contributed by atoms with Crippen molar-refractivity contribution in [3.8, 4) is 5.75 Å². The van der Waals surface area contributed by atoms with Crippen LogP contribution < -0.4 is 9.64 Å². The number of halogens is 1. The van der Waals surface area contributed by atoms with Gasteiger partial charge in [-0.2, -0.15) is 0 Å². The molecule has 35 heavy (non-hydrogen) atoms. The number of carbonyl (C=O) groups is 2. The van der Waals surface area contributed by atoms with Crippen molar-refractivity contribution in [3.63, 3.8) is 0 Å². The lowest BCUT2D eigenvalue weighted by Gasteiger charge is -2.27. The number of fused-ring (bicyclic) bond motifs is 1. The van der Waals surface area contributed by atoms with Crippen LogP contribution in [-0.2, 0) is 4.79 Å². The monoisotopic (exact) mass is 531 g/mol. The molecule has 1 aromatic heterocycles. The fraction of sp³-hybridized carbons (Fsp3) is 0.143. The average molecular weight is 532 g/mol. The van der Waals surface area contributed by atoms with Crippen LogP contribution in [0.3, 0.4) is 0 Å². The fourth-order valence-electron chi connectivity index (χ4n) is 4.37. The molecule has 1 aliphatic rings. The fourth-order valence-corrected chi connectivity index (χ4v) is 4.75. The third-order valence-electron chi connectivity index (χ3n) is 5.94. The van der Waals surface area contributed by atoms with Crippen molar-refractivity contribution in [2.24, 2.45) is 0 Å². The second-order valence-electron chi connectivity index (χ2n) is 8.30. The maximum absolute atomic E-state index is 13.7. The summed E-state index contributed by atoms with van der Waals surface area (Å²) in [7, 11) is 0. The lowest BCUT2D eigenvalue weighted by atomic mass is 9.94. The van der Waals surface area contributed by atoms with Gasteiger partial charge in [-0.05, 0) is 73.5 Å². The summed E-state index contributed by atoms with van der Waals surface area (Å²) in [6.45, 7) is 4.33. The topological polar surface area (TPSA) is 80.0 Å². The Morgan fingerprint density at radius 1 is 1.09 bits per heavy atom. The molecule has 0 spiro atoms. The minimum absolute atomic E-state index is 0.0289. The van der Waals surface area contributed by atoms with Crippen LogP contribution in [0.2, 0.25) is 0 Å². The van der Waals surface area contributed by atoms with Gasteiger partial charge < -0.3 is 14.3 Å². The van der Waals surface area contributed by atoms with Crippen LogP contribution in [0.25, 0.3) is 11.0 Å². The summed E-state index contributed by atoms with van der Waals surface area (Å²) in [5.74, 6) is -1.05. The smallest absolute Gasteiger partial charge is 0.294 e. The number of ketones is 1. The number of aryl methyl sites for hydroxylation is 1. The predicted molar refractivity (Wildman–Crippen MR) is 137 cm³/mol. The maximum atomic E-state index is 13.7. The van der Waals surface area contributed by atoms with E-state index in [9.17, 15) is 14.7 Å². The first-order valence-corrected chi connectivity index (χ1v) is 12.0. The summed E-state index contributed by atoms with van der Waals surface area (Å²) >= 11 is 3.42. The Bertz CT molecular complexity index is 1490. The summed E-state index contributed by atoms with van der Waals surface area (Å²) in [6.07, 6.45) is 0. The summed E-state index contributed by atoms with van der Waals surface area (Å²) < 4.78 is 12.2. The molecule has 1 aliphatic heterocycles. The second kappa shape index (κ2) is 9.07. The van der Waals surface area contributed by atoms with Gasteiger partial charge in [0.1, 0.15) is 11.3 Å². The molecule has 1 amide bonds. The van der Waals surface area contributed by atoms with E-state index in [2.05, 4.69) is 15.9 Å². The Morgan fingerprint density at radius 2 is 1.86 bits per heavy atom. The van der Waals surface area contributed by atoms with Gasteiger partial charge in [-0.3, -0.25) is 14.5 Å². The molecule has 1 atom stereocenters. The summed E-state index contributed by atoms with van der Waals surface area (Å²) in [4.78, 5) is 28.5. The van der Waals surface area contributed by atoms with Gasteiger partial charge >= 0.3 is 0 Å². The molecule has 1 unspecified atom stereocenters. The van der Waals surface area contributed by atoms with Crippen LogP contribution in [0.5, 0.6) is 5.75 Å². The number of amides is 1. The maximum Gasteiger partial charge on any atom is 0.294 e. The van der Waals surface area contributed by atoms with Crippen LogP contribution in [-0.4, -0.2) is 23.4 Å².